The fraction of sp³-hybridized carbons (Fsp3) is 0.222. The zero-order valence-electron chi connectivity index (χ0n) is 8.51. The molecule has 0 saturated heterocycles. The lowest BCUT2D eigenvalue weighted by Gasteiger charge is -1.99. The third-order valence-corrected chi connectivity index (χ3v) is 2.79. The summed E-state index contributed by atoms with van der Waals surface area (Å²) in [7, 11) is 1.90. The largest absolute Gasteiger partial charge is 0.396 e. The van der Waals surface area contributed by atoms with Crippen molar-refractivity contribution in [3.8, 4) is 0 Å². The quantitative estimate of drug-likeness (QED) is 0.773. The summed E-state index contributed by atoms with van der Waals surface area (Å²) in [5.74, 6) is 0. The molecule has 2 rings (SSSR count). The molecule has 0 aliphatic rings. The number of nitrogen functional groups attached to an aromatic ring is 1. The fourth-order valence-electron chi connectivity index (χ4n) is 1.15. The first-order chi connectivity index (χ1) is 7.15. The van der Waals surface area contributed by atoms with E-state index in [1.165, 1.54) is 11.8 Å². The van der Waals surface area contributed by atoms with E-state index in [1.54, 1.807) is 17.1 Å². The van der Waals surface area contributed by atoms with Crippen LogP contribution in [0.1, 0.15) is 5.69 Å². The van der Waals surface area contributed by atoms with Gasteiger partial charge in [0.15, 0.2) is 5.16 Å². The van der Waals surface area contributed by atoms with Gasteiger partial charge < -0.3 is 5.73 Å². The first kappa shape index (κ1) is 9.97. The maximum absolute atomic E-state index is 5.50. The Morgan fingerprint density at radius 1 is 1.33 bits per heavy atom. The van der Waals surface area contributed by atoms with Crippen molar-refractivity contribution in [2.24, 2.45) is 7.05 Å². The highest BCUT2D eigenvalue weighted by molar-refractivity contribution is 7.99. The summed E-state index contributed by atoms with van der Waals surface area (Å²) in [4.78, 5) is 8.22. The number of anilines is 1. The molecule has 0 aliphatic heterocycles. The van der Waals surface area contributed by atoms with Crippen LogP contribution in [-0.4, -0.2) is 19.7 Å². The lowest BCUT2D eigenvalue weighted by atomic mass is 10.5. The first-order valence-electron chi connectivity index (χ1n) is 4.41. The SMILES string of the molecule is Cc1cc(Sc2ncc(N)cn2)n(C)n1. The van der Waals surface area contributed by atoms with E-state index >= 15 is 0 Å². The van der Waals surface area contributed by atoms with Gasteiger partial charge in [-0.15, -0.1) is 0 Å². The first-order valence-corrected chi connectivity index (χ1v) is 5.23. The molecule has 0 unspecified atom stereocenters. The van der Waals surface area contributed by atoms with Gasteiger partial charge in [-0.1, -0.05) is 0 Å². The van der Waals surface area contributed by atoms with Gasteiger partial charge in [-0.25, -0.2) is 9.97 Å². The van der Waals surface area contributed by atoms with Crippen LogP contribution >= 0.6 is 11.8 Å². The predicted molar refractivity (Wildman–Crippen MR) is 58.5 cm³/mol. The van der Waals surface area contributed by atoms with Gasteiger partial charge in [0.25, 0.3) is 0 Å². The second-order valence-corrected chi connectivity index (χ2v) is 4.14. The molecule has 2 heterocycles. The fourth-order valence-corrected chi connectivity index (χ4v) is 1.96. The molecule has 0 aromatic carbocycles. The normalized spacial score (nSPS) is 10.5. The number of aromatic nitrogens is 4. The van der Waals surface area contributed by atoms with Crippen molar-refractivity contribution < 1.29 is 0 Å². The predicted octanol–water partition coefficient (Wildman–Crippen LogP) is 1.25. The highest BCUT2D eigenvalue weighted by Gasteiger charge is 2.05. The Kier molecular flexibility index (Phi) is 2.59. The third-order valence-electron chi connectivity index (χ3n) is 1.80. The van der Waals surface area contributed by atoms with Crippen molar-refractivity contribution in [1.29, 1.82) is 0 Å². The summed E-state index contributed by atoms with van der Waals surface area (Å²) in [6.45, 7) is 1.95. The summed E-state index contributed by atoms with van der Waals surface area (Å²) in [5, 5.41) is 5.93. The van der Waals surface area contributed by atoms with Crippen molar-refractivity contribution in [3.05, 3.63) is 24.2 Å². The topological polar surface area (TPSA) is 69.6 Å². The van der Waals surface area contributed by atoms with Crippen LogP contribution in [0.2, 0.25) is 0 Å². The number of hydrogen-bond donors (Lipinski definition) is 1. The molecule has 15 heavy (non-hydrogen) atoms. The van der Waals surface area contributed by atoms with Crippen molar-refractivity contribution in [1.82, 2.24) is 19.7 Å². The minimum Gasteiger partial charge on any atom is -0.396 e. The summed E-state index contributed by atoms with van der Waals surface area (Å²) >= 11 is 1.47. The Hall–Kier alpha value is -1.56. The Bertz CT molecular complexity index is 462. The van der Waals surface area contributed by atoms with Gasteiger partial charge in [0.05, 0.1) is 23.8 Å². The molecule has 0 amide bonds. The van der Waals surface area contributed by atoms with Crippen LogP contribution in [0.3, 0.4) is 0 Å². The zero-order chi connectivity index (χ0) is 10.8. The Morgan fingerprint density at radius 2 is 2.00 bits per heavy atom. The molecule has 0 aliphatic carbocycles. The Labute approximate surface area is 91.7 Å². The Balaban J connectivity index is 2.21. The van der Waals surface area contributed by atoms with Crippen LogP contribution in [-0.2, 0) is 7.05 Å². The minimum absolute atomic E-state index is 0.570. The smallest absolute Gasteiger partial charge is 0.193 e. The van der Waals surface area contributed by atoms with Gasteiger partial charge in [-0.05, 0) is 24.8 Å². The zero-order valence-corrected chi connectivity index (χ0v) is 9.32. The van der Waals surface area contributed by atoms with Crippen LogP contribution in [0.25, 0.3) is 0 Å². The second kappa shape index (κ2) is 3.90. The van der Waals surface area contributed by atoms with Gasteiger partial charge in [-0.3, -0.25) is 4.68 Å². The van der Waals surface area contributed by atoms with Gasteiger partial charge in [-0.2, -0.15) is 5.10 Å². The van der Waals surface area contributed by atoms with Gasteiger partial charge in [0.1, 0.15) is 5.03 Å². The molecule has 0 spiro atoms. The number of rotatable bonds is 2. The van der Waals surface area contributed by atoms with Crippen LogP contribution in [0.15, 0.2) is 28.6 Å². The number of nitrogens with two attached hydrogens (primary N) is 1. The van der Waals surface area contributed by atoms with Gasteiger partial charge >= 0.3 is 0 Å². The van der Waals surface area contributed by atoms with Crippen molar-refractivity contribution in [2.45, 2.75) is 17.1 Å². The van der Waals surface area contributed by atoms with Crippen LogP contribution in [0.4, 0.5) is 5.69 Å². The molecule has 0 saturated carbocycles. The van der Waals surface area contributed by atoms with E-state index in [-0.39, 0.29) is 0 Å². The van der Waals surface area contributed by atoms with Gasteiger partial charge in [0, 0.05) is 7.05 Å². The molecule has 2 N–H and O–H groups in total. The van der Waals surface area contributed by atoms with Crippen molar-refractivity contribution >= 4 is 17.4 Å². The molecule has 0 bridgehead atoms. The maximum atomic E-state index is 5.50. The lowest BCUT2D eigenvalue weighted by molar-refractivity contribution is 0.691. The second-order valence-electron chi connectivity index (χ2n) is 3.15. The molecule has 0 atom stereocenters. The molecule has 78 valence electrons. The van der Waals surface area contributed by atoms with E-state index < -0.39 is 0 Å². The summed E-state index contributed by atoms with van der Waals surface area (Å²) in [6.07, 6.45) is 3.19. The highest BCUT2D eigenvalue weighted by Crippen LogP contribution is 2.24. The molecule has 5 nitrogen and oxygen atoms in total. The van der Waals surface area contributed by atoms with E-state index in [0.29, 0.717) is 10.8 Å². The monoisotopic (exact) mass is 221 g/mol. The third kappa shape index (κ3) is 2.27. The summed E-state index contributed by atoms with van der Waals surface area (Å²) < 4.78 is 1.81. The van der Waals surface area contributed by atoms with Crippen LogP contribution in [0, 0.1) is 6.92 Å². The van der Waals surface area contributed by atoms with Gasteiger partial charge in [0.2, 0.25) is 0 Å². The van der Waals surface area contributed by atoms with Crippen LogP contribution in [0.5, 0.6) is 0 Å². The van der Waals surface area contributed by atoms with E-state index in [0.717, 1.165) is 10.7 Å². The molecule has 0 radical (unpaired) electrons. The minimum atomic E-state index is 0.570. The van der Waals surface area contributed by atoms with Crippen molar-refractivity contribution in [3.63, 3.8) is 0 Å². The van der Waals surface area contributed by atoms with Crippen molar-refractivity contribution in [2.75, 3.05) is 5.73 Å². The Morgan fingerprint density at radius 3 is 2.53 bits per heavy atom. The van der Waals surface area contributed by atoms with E-state index in [1.807, 2.05) is 20.0 Å². The summed E-state index contributed by atoms with van der Waals surface area (Å²) in [5.41, 5.74) is 7.05. The molecule has 6 heteroatoms. The molecular weight excluding hydrogens is 210 g/mol. The molecule has 2 aromatic rings. The highest BCUT2D eigenvalue weighted by atomic mass is 32.2. The number of aryl methyl sites for hydroxylation is 2. The van der Waals surface area contributed by atoms with Crippen LogP contribution < -0.4 is 5.73 Å². The lowest BCUT2D eigenvalue weighted by Crippen LogP contribution is -1.94. The van der Waals surface area contributed by atoms with E-state index in [9.17, 15) is 0 Å². The standard InChI is InChI=1S/C9H11N5S/c1-6-3-8(14(2)13-6)15-9-11-4-7(10)5-12-9/h3-5H,10H2,1-2H3. The average Bonchev–Trinajstić information content (AvgIpc) is 2.49. The average molecular weight is 221 g/mol. The number of nitrogens with zero attached hydrogens (tertiary/aromatic N) is 4. The number of hydrogen-bond acceptors (Lipinski definition) is 5. The molecular formula is C9H11N5S. The van der Waals surface area contributed by atoms with E-state index in [4.69, 9.17) is 5.73 Å². The van der Waals surface area contributed by atoms with E-state index in [2.05, 4.69) is 15.1 Å². The molecule has 2 aromatic heterocycles. The summed E-state index contributed by atoms with van der Waals surface area (Å²) in [6, 6.07) is 1.99. The maximum Gasteiger partial charge on any atom is 0.193 e. The molecule has 0 fully saturated rings.